The van der Waals surface area contributed by atoms with E-state index in [-0.39, 0.29) is 33.9 Å². The zero-order valence-corrected chi connectivity index (χ0v) is 26.0. The van der Waals surface area contributed by atoms with Crippen molar-refractivity contribution in [1.29, 1.82) is 0 Å². The van der Waals surface area contributed by atoms with Gasteiger partial charge in [0.1, 0.15) is 28.9 Å². The molecule has 1 aliphatic rings. The second-order valence-corrected chi connectivity index (χ2v) is 13.0. The number of anilines is 2. The third kappa shape index (κ3) is 6.35. The van der Waals surface area contributed by atoms with Gasteiger partial charge >= 0.3 is 0 Å². The van der Waals surface area contributed by atoms with Gasteiger partial charge in [-0.05, 0) is 81.3 Å². The Morgan fingerprint density at radius 3 is 2.41 bits per heavy atom. The number of hydrogen-bond acceptors (Lipinski definition) is 8. The number of fused-ring (bicyclic) bond motifs is 1. The molecule has 2 aromatic heterocycles. The summed E-state index contributed by atoms with van der Waals surface area (Å²) in [6, 6.07) is 7.60. The van der Waals surface area contributed by atoms with Crippen LogP contribution in [-0.4, -0.2) is 56.6 Å². The number of aromatic nitrogens is 3. The molecule has 4 N–H and O–H groups in total. The van der Waals surface area contributed by atoms with Gasteiger partial charge in [-0.1, -0.05) is 0 Å². The summed E-state index contributed by atoms with van der Waals surface area (Å²) in [6.45, 7) is 5.38. The molecule has 0 spiro atoms. The molecule has 44 heavy (non-hydrogen) atoms. The number of benzene rings is 2. The molecule has 5 rings (SSSR count). The Morgan fingerprint density at radius 1 is 1.07 bits per heavy atom. The highest BCUT2D eigenvalue weighted by atomic mass is 32.2. The molecular formula is C31H38F2N6O4S. The van der Waals surface area contributed by atoms with Crippen molar-refractivity contribution in [3.63, 3.8) is 0 Å². The summed E-state index contributed by atoms with van der Waals surface area (Å²) in [7, 11) is -1.07. The molecule has 0 radical (unpaired) electrons. The van der Waals surface area contributed by atoms with Gasteiger partial charge in [-0.3, -0.25) is 9.40 Å². The molecular weight excluding hydrogens is 590 g/mol. The van der Waals surface area contributed by atoms with Gasteiger partial charge in [-0.15, -0.1) is 0 Å². The number of rotatable bonds is 11. The van der Waals surface area contributed by atoms with Crippen LogP contribution in [0.3, 0.4) is 0 Å². The molecule has 0 aliphatic heterocycles. The number of sulfonamides is 1. The number of nitrogens with two attached hydrogens (primary N) is 1. The second kappa shape index (κ2) is 13.0. The summed E-state index contributed by atoms with van der Waals surface area (Å²) >= 11 is 0. The molecule has 2 heterocycles. The van der Waals surface area contributed by atoms with Gasteiger partial charge in [0, 0.05) is 43.6 Å². The second-order valence-electron chi connectivity index (χ2n) is 11.3. The van der Waals surface area contributed by atoms with Crippen LogP contribution >= 0.6 is 0 Å². The molecule has 0 amide bonds. The minimum atomic E-state index is -4.21. The van der Waals surface area contributed by atoms with Crippen LogP contribution in [0, 0.1) is 11.6 Å². The van der Waals surface area contributed by atoms with Crippen LogP contribution in [0.2, 0.25) is 0 Å². The zero-order chi connectivity index (χ0) is 31.6. The first-order valence-corrected chi connectivity index (χ1v) is 16.1. The van der Waals surface area contributed by atoms with E-state index in [0.29, 0.717) is 23.8 Å². The number of nitrogens with one attached hydrogen (secondary N) is 2. The minimum Gasteiger partial charge on any atom is -0.497 e. The maximum absolute atomic E-state index is 15.7. The van der Waals surface area contributed by atoms with Crippen LogP contribution in [0.1, 0.15) is 57.1 Å². The molecule has 1 aliphatic carbocycles. The number of nitrogens with zero attached hydrogens (tertiary/aromatic N) is 3. The molecule has 2 aromatic carbocycles. The van der Waals surface area contributed by atoms with E-state index in [4.69, 9.17) is 20.3 Å². The zero-order valence-electron chi connectivity index (χ0n) is 25.2. The lowest BCUT2D eigenvalue weighted by Crippen LogP contribution is -2.34. The first-order valence-electron chi connectivity index (χ1n) is 14.6. The first-order chi connectivity index (χ1) is 21.0. The maximum atomic E-state index is 15.7. The van der Waals surface area contributed by atoms with Gasteiger partial charge in [0.25, 0.3) is 10.0 Å². The van der Waals surface area contributed by atoms with E-state index in [0.717, 1.165) is 55.4 Å². The van der Waals surface area contributed by atoms with Crippen molar-refractivity contribution in [2.75, 3.05) is 37.8 Å². The molecule has 236 valence electrons. The summed E-state index contributed by atoms with van der Waals surface area (Å²) in [5, 5.41) is 8.71. The summed E-state index contributed by atoms with van der Waals surface area (Å²) in [5.74, 6) is -1.01. The Bertz CT molecular complexity index is 1740. The third-order valence-corrected chi connectivity index (χ3v) is 9.49. The molecule has 0 unspecified atom stereocenters. The smallest absolute Gasteiger partial charge is 0.261 e. The quantitative estimate of drug-likeness (QED) is 0.183. The standard InChI is InChI=1S/C31H38F2N6O4S/c1-18(2)39-30-24(19-5-7-20(8-6-19)35-13-14-42-3)17-36-31(34)28(30)29(37-39)23-15-26(33)27(16-25(23)32)38-44(40,41)22-11-9-21(43-4)10-12-22/h9-12,15-20,35,38H,5-8,13-14H2,1-4H3,(H2,34,36). The number of ether oxygens (including phenoxy) is 2. The Kier molecular flexibility index (Phi) is 9.37. The number of halogens is 2. The Balaban J connectivity index is 1.50. The van der Waals surface area contributed by atoms with E-state index in [1.807, 2.05) is 13.8 Å². The lowest BCUT2D eigenvalue weighted by molar-refractivity contribution is 0.191. The van der Waals surface area contributed by atoms with Crippen LogP contribution in [0.5, 0.6) is 5.75 Å². The summed E-state index contributed by atoms with van der Waals surface area (Å²) in [6.07, 6.45) is 5.60. The van der Waals surface area contributed by atoms with Crippen LogP contribution in [-0.2, 0) is 14.8 Å². The Morgan fingerprint density at radius 2 is 1.77 bits per heavy atom. The fourth-order valence-corrected chi connectivity index (χ4v) is 6.88. The van der Waals surface area contributed by atoms with Gasteiger partial charge < -0.3 is 20.5 Å². The molecule has 0 bridgehead atoms. The van der Waals surface area contributed by atoms with Crippen LogP contribution in [0.4, 0.5) is 20.3 Å². The molecule has 1 fully saturated rings. The Hall–Kier alpha value is -3.81. The van der Waals surface area contributed by atoms with Crippen LogP contribution in [0.25, 0.3) is 22.2 Å². The van der Waals surface area contributed by atoms with Crippen molar-refractivity contribution in [1.82, 2.24) is 20.1 Å². The highest BCUT2D eigenvalue weighted by molar-refractivity contribution is 7.92. The van der Waals surface area contributed by atoms with Crippen molar-refractivity contribution < 1.29 is 26.7 Å². The van der Waals surface area contributed by atoms with E-state index < -0.39 is 27.3 Å². The normalized spacial score (nSPS) is 17.3. The minimum absolute atomic E-state index is 0.109. The monoisotopic (exact) mass is 628 g/mol. The Labute approximate surface area is 256 Å². The molecule has 0 atom stereocenters. The van der Waals surface area contributed by atoms with Gasteiger partial charge in [0.05, 0.1) is 35.2 Å². The summed E-state index contributed by atoms with van der Waals surface area (Å²) in [4.78, 5) is 4.33. The van der Waals surface area contributed by atoms with Crippen LogP contribution in [0.15, 0.2) is 47.5 Å². The highest BCUT2D eigenvalue weighted by Gasteiger charge is 2.29. The fourth-order valence-electron chi connectivity index (χ4n) is 5.82. The predicted octanol–water partition coefficient (Wildman–Crippen LogP) is 5.61. The fraction of sp³-hybridized carbons (Fsp3) is 0.419. The molecule has 10 nitrogen and oxygen atoms in total. The highest BCUT2D eigenvalue weighted by Crippen LogP contribution is 2.42. The first kappa shape index (κ1) is 31.6. The van der Waals surface area contributed by atoms with Crippen molar-refractivity contribution >= 4 is 32.4 Å². The summed E-state index contributed by atoms with van der Waals surface area (Å²) < 4.78 is 71.1. The predicted molar refractivity (Wildman–Crippen MR) is 166 cm³/mol. The molecule has 4 aromatic rings. The van der Waals surface area contributed by atoms with Gasteiger partial charge in [-0.2, -0.15) is 5.10 Å². The van der Waals surface area contributed by atoms with Crippen molar-refractivity contribution in [2.24, 2.45) is 0 Å². The number of methoxy groups -OCH3 is 2. The van der Waals surface area contributed by atoms with E-state index in [2.05, 4.69) is 15.0 Å². The lowest BCUT2D eigenvalue weighted by atomic mass is 9.81. The number of hydrogen-bond donors (Lipinski definition) is 3. The van der Waals surface area contributed by atoms with Crippen molar-refractivity contribution in [3.8, 4) is 17.0 Å². The van der Waals surface area contributed by atoms with Crippen LogP contribution < -0.4 is 20.5 Å². The van der Waals surface area contributed by atoms with Gasteiger partial charge in [0.15, 0.2) is 0 Å². The largest absolute Gasteiger partial charge is 0.497 e. The van der Waals surface area contributed by atoms with E-state index in [1.165, 1.54) is 31.4 Å². The van der Waals surface area contributed by atoms with E-state index >= 15 is 8.78 Å². The van der Waals surface area contributed by atoms with Gasteiger partial charge in [-0.25, -0.2) is 22.2 Å². The maximum Gasteiger partial charge on any atom is 0.261 e. The number of nitrogen functional groups attached to an aromatic ring is 1. The summed E-state index contributed by atoms with van der Waals surface area (Å²) in [5.41, 5.74) is 7.58. The van der Waals surface area contributed by atoms with Gasteiger partial charge in [0.2, 0.25) is 0 Å². The molecule has 13 heteroatoms. The third-order valence-electron chi connectivity index (χ3n) is 8.10. The lowest BCUT2D eigenvalue weighted by Gasteiger charge is -2.30. The van der Waals surface area contributed by atoms with Crippen molar-refractivity contribution in [3.05, 3.63) is 59.8 Å². The SMILES string of the molecule is COCCNC1CCC(c2cnc(N)c3c(-c4cc(F)c(NS(=O)(=O)c5ccc(OC)cc5)cc4F)nn(C(C)C)c23)CC1. The average Bonchev–Trinajstić information content (AvgIpc) is 3.41. The molecule has 1 saturated carbocycles. The molecule has 0 saturated heterocycles. The van der Waals surface area contributed by atoms with E-state index in [1.54, 1.807) is 18.0 Å². The van der Waals surface area contributed by atoms with E-state index in [9.17, 15) is 8.42 Å². The number of pyridine rings is 1. The van der Waals surface area contributed by atoms with Crippen molar-refractivity contribution in [2.45, 2.75) is 62.4 Å². The topological polar surface area (TPSA) is 133 Å². The average molecular weight is 629 g/mol.